The minimum Gasteiger partial charge on any atom is -0.456 e. The third-order valence-electron chi connectivity index (χ3n) is 12.2. The lowest BCUT2D eigenvalue weighted by molar-refractivity contribution is 0.647. The summed E-state index contributed by atoms with van der Waals surface area (Å²) in [6.07, 6.45) is 0. The van der Waals surface area contributed by atoms with Gasteiger partial charge in [0, 0.05) is 49.2 Å². The third kappa shape index (κ3) is 4.74. The molecule has 0 unspecified atom stereocenters. The summed E-state index contributed by atoms with van der Waals surface area (Å²) in [5.74, 6) is 0.717. The van der Waals surface area contributed by atoms with Gasteiger partial charge in [0.2, 0.25) is 0 Å². The van der Waals surface area contributed by atoms with E-state index in [4.69, 9.17) is 14.4 Å². The summed E-state index contributed by atoms with van der Waals surface area (Å²) >= 11 is 0. The Morgan fingerprint density at radius 3 is 1.96 bits per heavy atom. The standard InChI is InChI=1S/C53H35N3O/c1-53(2)44-26-22-34(28-40(44)41-30-43-38-15-8-11-19-49(38)57-50(43)31-45(41)53)35-23-27-48-42(29-35)37-14-7-10-18-47(37)56(48)36-24-20-33(21-25-36)52-54-46-17-9-6-16-39(46)51(55-52)32-12-4-3-5-13-32/h3-31H,1-2H3. The Balaban J connectivity index is 0.956. The fourth-order valence-corrected chi connectivity index (χ4v) is 9.36. The van der Waals surface area contributed by atoms with Crippen LogP contribution < -0.4 is 0 Å². The Hall–Kier alpha value is -7.30. The van der Waals surface area contributed by atoms with Crippen LogP contribution in [0.15, 0.2) is 180 Å². The van der Waals surface area contributed by atoms with Gasteiger partial charge in [-0.1, -0.05) is 117 Å². The maximum absolute atomic E-state index is 6.32. The Morgan fingerprint density at radius 2 is 1.11 bits per heavy atom. The van der Waals surface area contributed by atoms with Crippen LogP contribution in [0.2, 0.25) is 0 Å². The molecule has 3 aromatic heterocycles. The van der Waals surface area contributed by atoms with Crippen LogP contribution in [0.1, 0.15) is 25.0 Å². The number of nitrogens with zero attached hydrogens (tertiary/aromatic N) is 3. The lowest BCUT2D eigenvalue weighted by atomic mass is 9.82. The number of benzene rings is 8. The summed E-state index contributed by atoms with van der Waals surface area (Å²) in [5, 5.41) is 5.83. The molecule has 4 nitrogen and oxygen atoms in total. The highest BCUT2D eigenvalue weighted by atomic mass is 16.3. The molecule has 8 aromatic carbocycles. The number of hydrogen-bond acceptors (Lipinski definition) is 3. The molecule has 3 heterocycles. The van der Waals surface area contributed by atoms with Crippen molar-refractivity contribution in [2.45, 2.75) is 19.3 Å². The van der Waals surface area contributed by atoms with Crippen molar-refractivity contribution < 1.29 is 4.42 Å². The molecule has 0 aliphatic heterocycles. The fraction of sp³-hybridized carbons (Fsp3) is 0.0566. The second-order valence-electron chi connectivity index (χ2n) is 15.8. The van der Waals surface area contributed by atoms with Crippen molar-refractivity contribution in [1.82, 2.24) is 14.5 Å². The van der Waals surface area contributed by atoms with Crippen molar-refractivity contribution >= 4 is 54.6 Å². The molecule has 1 aliphatic carbocycles. The second kappa shape index (κ2) is 11.8. The topological polar surface area (TPSA) is 43.9 Å². The lowest BCUT2D eigenvalue weighted by Crippen LogP contribution is -2.14. The second-order valence-corrected chi connectivity index (χ2v) is 15.8. The number of hydrogen-bond donors (Lipinski definition) is 0. The van der Waals surface area contributed by atoms with Crippen molar-refractivity contribution in [2.24, 2.45) is 0 Å². The van der Waals surface area contributed by atoms with E-state index in [0.717, 1.165) is 50.0 Å². The molecule has 0 saturated carbocycles. The smallest absolute Gasteiger partial charge is 0.160 e. The van der Waals surface area contributed by atoms with Gasteiger partial charge in [-0.05, 0) is 106 Å². The molecule has 57 heavy (non-hydrogen) atoms. The molecule has 268 valence electrons. The van der Waals surface area contributed by atoms with Crippen molar-refractivity contribution in [3.8, 4) is 50.6 Å². The van der Waals surface area contributed by atoms with Crippen molar-refractivity contribution in [3.63, 3.8) is 0 Å². The van der Waals surface area contributed by atoms with Crippen molar-refractivity contribution in [2.75, 3.05) is 0 Å². The van der Waals surface area contributed by atoms with Gasteiger partial charge in [0.1, 0.15) is 11.2 Å². The van der Waals surface area contributed by atoms with Gasteiger partial charge in [-0.15, -0.1) is 0 Å². The van der Waals surface area contributed by atoms with Crippen molar-refractivity contribution in [1.29, 1.82) is 0 Å². The number of rotatable bonds is 4. The van der Waals surface area contributed by atoms with Gasteiger partial charge in [-0.3, -0.25) is 0 Å². The molecular formula is C53H35N3O. The zero-order valence-electron chi connectivity index (χ0n) is 31.5. The van der Waals surface area contributed by atoms with Crippen LogP contribution in [0, 0.1) is 0 Å². The van der Waals surface area contributed by atoms with Gasteiger partial charge in [0.15, 0.2) is 5.82 Å². The van der Waals surface area contributed by atoms with Gasteiger partial charge >= 0.3 is 0 Å². The van der Waals surface area contributed by atoms with Crippen molar-refractivity contribution in [3.05, 3.63) is 187 Å². The quantitative estimate of drug-likeness (QED) is 0.181. The predicted octanol–water partition coefficient (Wildman–Crippen LogP) is 13.9. The minimum atomic E-state index is -0.131. The normalized spacial score (nSPS) is 13.2. The van der Waals surface area contributed by atoms with Crippen LogP contribution >= 0.6 is 0 Å². The highest BCUT2D eigenvalue weighted by Crippen LogP contribution is 2.52. The van der Waals surface area contributed by atoms with Gasteiger partial charge in [0.25, 0.3) is 0 Å². The molecule has 12 rings (SSSR count). The summed E-state index contributed by atoms with van der Waals surface area (Å²) in [4.78, 5) is 10.1. The van der Waals surface area contributed by atoms with Gasteiger partial charge in [-0.25, -0.2) is 9.97 Å². The highest BCUT2D eigenvalue weighted by Gasteiger charge is 2.36. The fourth-order valence-electron chi connectivity index (χ4n) is 9.36. The molecule has 0 radical (unpaired) electrons. The molecule has 4 heteroatoms. The monoisotopic (exact) mass is 729 g/mol. The van der Waals surface area contributed by atoms with Gasteiger partial charge < -0.3 is 8.98 Å². The first-order chi connectivity index (χ1) is 28.0. The number of furan rings is 1. The van der Waals surface area contributed by atoms with Crippen LogP contribution in [0.25, 0.3) is 105 Å². The van der Waals surface area contributed by atoms with E-state index in [9.17, 15) is 0 Å². The first-order valence-electron chi connectivity index (χ1n) is 19.6. The molecule has 0 N–H and O–H groups in total. The van der Waals surface area contributed by atoms with E-state index >= 15 is 0 Å². The molecule has 0 saturated heterocycles. The Bertz CT molecular complexity index is 3420. The molecule has 0 amide bonds. The van der Waals surface area contributed by atoms with E-state index < -0.39 is 0 Å². The van der Waals surface area contributed by atoms with Crippen LogP contribution in [0.5, 0.6) is 0 Å². The minimum absolute atomic E-state index is 0.131. The predicted molar refractivity (Wildman–Crippen MR) is 235 cm³/mol. The SMILES string of the molecule is CC1(C)c2ccc(-c3ccc4c(c3)c3ccccc3n4-c3ccc(-c4nc(-c5ccccc5)c5ccccc5n4)cc3)cc2-c2cc3c(cc21)oc1ccccc13. The van der Waals surface area contributed by atoms with Gasteiger partial charge in [-0.2, -0.15) is 0 Å². The van der Waals surface area contributed by atoms with E-state index in [1.807, 2.05) is 24.3 Å². The first kappa shape index (κ1) is 32.0. The molecule has 0 spiro atoms. The maximum Gasteiger partial charge on any atom is 0.160 e. The van der Waals surface area contributed by atoms with E-state index in [1.165, 1.54) is 60.6 Å². The van der Waals surface area contributed by atoms with E-state index in [0.29, 0.717) is 5.82 Å². The summed E-state index contributed by atoms with van der Waals surface area (Å²) in [5.41, 5.74) is 16.8. The van der Waals surface area contributed by atoms with Crippen LogP contribution in [-0.4, -0.2) is 14.5 Å². The van der Waals surface area contributed by atoms with E-state index in [1.54, 1.807) is 0 Å². The molecular weight excluding hydrogens is 695 g/mol. The van der Waals surface area contributed by atoms with Crippen LogP contribution in [0.3, 0.4) is 0 Å². The lowest BCUT2D eigenvalue weighted by Gasteiger charge is -2.21. The maximum atomic E-state index is 6.32. The summed E-state index contributed by atoms with van der Waals surface area (Å²) in [6.45, 7) is 4.66. The Morgan fingerprint density at radius 1 is 0.439 bits per heavy atom. The number of aromatic nitrogens is 3. The van der Waals surface area contributed by atoms with E-state index in [2.05, 4.69) is 170 Å². The summed E-state index contributed by atoms with van der Waals surface area (Å²) in [6, 6.07) is 62.9. The Kier molecular flexibility index (Phi) is 6.65. The van der Waals surface area contributed by atoms with Crippen LogP contribution in [-0.2, 0) is 5.41 Å². The third-order valence-corrected chi connectivity index (χ3v) is 12.2. The van der Waals surface area contributed by atoms with Crippen LogP contribution in [0.4, 0.5) is 0 Å². The average molecular weight is 730 g/mol. The molecule has 0 atom stereocenters. The molecule has 0 bridgehead atoms. The summed E-state index contributed by atoms with van der Waals surface area (Å²) < 4.78 is 8.70. The molecule has 1 aliphatic rings. The zero-order chi connectivity index (χ0) is 37.8. The number of para-hydroxylation sites is 3. The average Bonchev–Trinajstić information content (AvgIpc) is 3.87. The van der Waals surface area contributed by atoms with E-state index in [-0.39, 0.29) is 5.41 Å². The molecule has 0 fully saturated rings. The summed E-state index contributed by atoms with van der Waals surface area (Å²) in [7, 11) is 0. The van der Waals surface area contributed by atoms with Gasteiger partial charge in [0.05, 0.1) is 22.2 Å². The number of fused-ring (bicyclic) bond motifs is 10. The highest BCUT2D eigenvalue weighted by molar-refractivity contribution is 6.11. The first-order valence-corrected chi connectivity index (χ1v) is 19.6. The zero-order valence-corrected chi connectivity index (χ0v) is 31.5. The largest absolute Gasteiger partial charge is 0.456 e. The Labute approximate surface area is 329 Å². The molecule has 11 aromatic rings.